The summed E-state index contributed by atoms with van der Waals surface area (Å²) in [4.78, 5) is 28.5. The van der Waals surface area contributed by atoms with Crippen LogP contribution in [0.25, 0.3) is 0 Å². The molecule has 2 rings (SSSR count). The topological polar surface area (TPSA) is 93.5 Å². The van der Waals surface area contributed by atoms with Gasteiger partial charge in [-0.15, -0.1) is 0 Å². The van der Waals surface area contributed by atoms with Gasteiger partial charge in [0.25, 0.3) is 5.91 Å². The molecule has 0 spiro atoms. The zero-order valence-electron chi connectivity index (χ0n) is 13.7. The van der Waals surface area contributed by atoms with E-state index in [4.69, 9.17) is 9.15 Å². The summed E-state index contributed by atoms with van der Waals surface area (Å²) < 4.78 is 10.2. The Bertz CT molecular complexity index is 669. The number of carbonyl (C=O) groups excluding carboxylic acids is 2. The highest BCUT2D eigenvalue weighted by molar-refractivity contribution is 5.95. The number of esters is 1. The van der Waals surface area contributed by atoms with Gasteiger partial charge in [0.05, 0.1) is 13.2 Å². The summed E-state index contributed by atoms with van der Waals surface area (Å²) in [7, 11) is 1.75. The van der Waals surface area contributed by atoms with Crippen LogP contribution in [0.5, 0.6) is 0 Å². The summed E-state index contributed by atoms with van der Waals surface area (Å²) in [5, 5.41) is 5.55. The van der Waals surface area contributed by atoms with E-state index in [1.807, 2.05) is 30.3 Å². The first-order valence-electron chi connectivity index (χ1n) is 7.74. The summed E-state index contributed by atoms with van der Waals surface area (Å²) in [5.74, 6) is -0.554. The van der Waals surface area contributed by atoms with Crippen LogP contribution >= 0.6 is 0 Å². The van der Waals surface area contributed by atoms with Crippen LogP contribution in [0.3, 0.4) is 0 Å². The maximum Gasteiger partial charge on any atom is 0.328 e. The highest BCUT2D eigenvalue weighted by Crippen LogP contribution is 2.07. The molecule has 1 aromatic carbocycles. The van der Waals surface area contributed by atoms with Crippen molar-refractivity contribution in [3.05, 3.63) is 53.7 Å². The molecule has 0 aliphatic rings. The van der Waals surface area contributed by atoms with Gasteiger partial charge in [0, 0.05) is 6.42 Å². The van der Waals surface area contributed by atoms with Crippen LogP contribution in [-0.2, 0) is 22.5 Å². The molecule has 1 aromatic heterocycles. The minimum atomic E-state index is -0.788. The molecule has 0 saturated heterocycles. The molecule has 1 unspecified atom stereocenters. The number of amides is 1. The van der Waals surface area contributed by atoms with E-state index in [1.54, 1.807) is 14.0 Å². The Kier molecular flexibility index (Phi) is 6.51. The normalized spacial score (nSPS) is 11.8. The van der Waals surface area contributed by atoms with Crippen molar-refractivity contribution in [1.82, 2.24) is 15.6 Å². The monoisotopic (exact) mass is 331 g/mol. The van der Waals surface area contributed by atoms with Gasteiger partial charge in [-0.05, 0) is 19.5 Å². The second-order valence-electron chi connectivity index (χ2n) is 5.12. The van der Waals surface area contributed by atoms with Crippen molar-refractivity contribution in [3.63, 3.8) is 0 Å². The van der Waals surface area contributed by atoms with E-state index in [0.29, 0.717) is 18.9 Å². The summed E-state index contributed by atoms with van der Waals surface area (Å²) in [6.07, 6.45) is 1.61. The fourth-order valence-corrected chi connectivity index (χ4v) is 2.17. The molecule has 2 N–H and O–H groups in total. The smallest absolute Gasteiger partial charge is 0.328 e. The van der Waals surface area contributed by atoms with E-state index in [-0.39, 0.29) is 12.3 Å². The third-order valence-electron chi connectivity index (χ3n) is 3.27. The first-order chi connectivity index (χ1) is 11.6. The van der Waals surface area contributed by atoms with Gasteiger partial charge in [0.1, 0.15) is 12.3 Å². The highest BCUT2D eigenvalue weighted by Gasteiger charge is 2.24. The van der Waals surface area contributed by atoms with Crippen LogP contribution in [0, 0.1) is 0 Å². The van der Waals surface area contributed by atoms with Gasteiger partial charge in [-0.25, -0.2) is 9.78 Å². The lowest BCUT2D eigenvalue weighted by Gasteiger charge is -2.16. The Hall–Kier alpha value is -2.67. The van der Waals surface area contributed by atoms with Gasteiger partial charge in [-0.3, -0.25) is 4.79 Å². The Morgan fingerprint density at radius 1 is 1.29 bits per heavy atom. The number of oxazole rings is 1. The lowest BCUT2D eigenvalue weighted by atomic mass is 10.1. The van der Waals surface area contributed by atoms with Crippen LogP contribution < -0.4 is 10.6 Å². The van der Waals surface area contributed by atoms with E-state index in [1.165, 1.54) is 6.26 Å². The van der Waals surface area contributed by atoms with Gasteiger partial charge in [-0.2, -0.15) is 0 Å². The molecule has 7 nitrogen and oxygen atoms in total. The molecule has 0 saturated carbocycles. The van der Waals surface area contributed by atoms with Gasteiger partial charge in [-0.1, -0.05) is 30.3 Å². The van der Waals surface area contributed by atoms with E-state index < -0.39 is 17.9 Å². The van der Waals surface area contributed by atoms with Crippen molar-refractivity contribution in [2.45, 2.75) is 25.9 Å². The highest BCUT2D eigenvalue weighted by atomic mass is 16.5. The fourth-order valence-electron chi connectivity index (χ4n) is 2.17. The molecule has 0 fully saturated rings. The Morgan fingerprint density at radius 2 is 2.04 bits per heavy atom. The average Bonchev–Trinajstić information content (AvgIpc) is 3.04. The molecule has 24 heavy (non-hydrogen) atoms. The van der Waals surface area contributed by atoms with E-state index in [9.17, 15) is 9.59 Å². The van der Waals surface area contributed by atoms with E-state index >= 15 is 0 Å². The minimum absolute atomic E-state index is 0.127. The molecular weight excluding hydrogens is 310 g/mol. The number of aromatic nitrogens is 1. The van der Waals surface area contributed by atoms with Crippen LogP contribution in [0.4, 0.5) is 0 Å². The molecule has 1 heterocycles. The second-order valence-corrected chi connectivity index (χ2v) is 5.12. The number of rotatable bonds is 8. The predicted molar refractivity (Wildman–Crippen MR) is 87.3 cm³/mol. The second kappa shape index (κ2) is 8.83. The first-order valence-corrected chi connectivity index (χ1v) is 7.74. The van der Waals surface area contributed by atoms with Crippen molar-refractivity contribution in [2.24, 2.45) is 0 Å². The Labute approximate surface area is 140 Å². The van der Waals surface area contributed by atoms with E-state index in [2.05, 4.69) is 15.6 Å². The lowest BCUT2D eigenvalue weighted by molar-refractivity contribution is -0.145. The largest absolute Gasteiger partial charge is 0.464 e. The average molecular weight is 331 g/mol. The standard InChI is InChI=1S/C17H21N3O4/c1-3-23-17(22)13(9-12-7-5-4-6-8-12)20-16(21)14-11-24-15(19-14)10-18-2/h4-8,11,13,18H,3,9-10H2,1-2H3,(H,20,21). The van der Waals surface area contributed by atoms with Crippen molar-refractivity contribution >= 4 is 11.9 Å². The molecule has 0 aliphatic heterocycles. The van der Waals surface area contributed by atoms with Gasteiger partial charge < -0.3 is 19.8 Å². The zero-order chi connectivity index (χ0) is 17.4. The number of hydrogen-bond donors (Lipinski definition) is 2. The molecule has 1 atom stereocenters. The summed E-state index contributed by atoms with van der Waals surface area (Å²) in [6.45, 7) is 2.38. The molecule has 128 valence electrons. The number of nitrogens with zero attached hydrogens (tertiary/aromatic N) is 1. The molecular formula is C17H21N3O4. The summed E-state index contributed by atoms with van der Waals surface area (Å²) >= 11 is 0. The number of benzene rings is 1. The summed E-state index contributed by atoms with van der Waals surface area (Å²) in [5.41, 5.74) is 1.05. The third kappa shape index (κ3) is 4.92. The van der Waals surface area contributed by atoms with Crippen LogP contribution in [0.15, 0.2) is 41.0 Å². The van der Waals surface area contributed by atoms with Crippen LogP contribution in [0.2, 0.25) is 0 Å². The molecule has 0 radical (unpaired) electrons. The number of carbonyl (C=O) groups is 2. The van der Waals surface area contributed by atoms with Gasteiger partial charge >= 0.3 is 5.97 Å². The first kappa shape index (κ1) is 17.7. The molecule has 0 bridgehead atoms. The number of ether oxygens (including phenoxy) is 1. The number of nitrogens with one attached hydrogen (secondary N) is 2. The van der Waals surface area contributed by atoms with Gasteiger partial charge in [0.15, 0.2) is 5.69 Å². The summed E-state index contributed by atoms with van der Waals surface area (Å²) in [6, 6.07) is 8.63. The molecule has 0 aliphatic carbocycles. The molecule has 1 amide bonds. The quantitative estimate of drug-likeness (QED) is 0.708. The maximum absolute atomic E-state index is 12.3. The number of hydrogen-bond acceptors (Lipinski definition) is 6. The minimum Gasteiger partial charge on any atom is -0.464 e. The van der Waals surface area contributed by atoms with Crippen molar-refractivity contribution in [3.8, 4) is 0 Å². The Balaban J connectivity index is 2.08. The van der Waals surface area contributed by atoms with Crippen molar-refractivity contribution < 1.29 is 18.7 Å². The molecule has 7 heteroatoms. The fraction of sp³-hybridized carbons (Fsp3) is 0.353. The van der Waals surface area contributed by atoms with Crippen molar-refractivity contribution in [2.75, 3.05) is 13.7 Å². The van der Waals surface area contributed by atoms with Crippen LogP contribution in [0.1, 0.15) is 28.9 Å². The lowest BCUT2D eigenvalue weighted by Crippen LogP contribution is -2.43. The predicted octanol–water partition coefficient (Wildman–Crippen LogP) is 1.30. The van der Waals surface area contributed by atoms with Gasteiger partial charge in [0.2, 0.25) is 5.89 Å². The van der Waals surface area contributed by atoms with Crippen molar-refractivity contribution in [1.29, 1.82) is 0 Å². The SMILES string of the molecule is CCOC(=O)C(Cc1ccccc1)NC(=O)c1coc(CNC)n1. The van der Waals surface area contributed by atoms with E-state index in [0.717, 1.165) is 5.56 Å². The molecule has 2 aromatic rings. The Morgan fingerprint density at radius 3 is 2.71 bits per heavy atom. The maximum atomic E-state index is 12.3. The zero-order valence-corrected chi connectivity index (χ0v) is 13.7. The van der Waals surface area contributed by atoms with Crippen LogP contribution in [-0.4, -0.2) is 36.6 Å². The third-order valence-corrected chi connectivity index (χ3v) is 3.27.